The maximum Gasteiger partial charge on any atom is 0.261 e. The number of methoxy groups -OCH3 is 1. The third-order valence-electron chi connectivity index (χ3n) is 5.68. The Morgan fingerprint density at radius 3 is 2.47 bits per heavy atom. The van der Waals surface area contributed by atoms with E-state index in [1.54, 1.807) is 24.8 Å². The number of nitrogens with zero attached hydrogens (tertiary/aromatic N) is 5. The minimum absolute atomic E-state index is 0.0593. The minimum Gasteiger partial charge on any atom is -0.496 e. The SMILES string of the molecule is COc1ccccc1-c1nnc(SCc2nc3ccccc3c(=O)n2C)n1-c1ccc(C)cc1. The zero-order valence-corrected chi connectivity index (χ0v) is 19.9. The predicted octanol–water partition coefficient (Wildman–Crippen LogP) is 4.79. The van der Waals surface area contributed by atoms with E-state index < -0.39 is 0 Å². The lowest BCUT2D eigenvalue weighted by Crippen LogP contribution is -2.22. The standard InChI is InChI=1S/C26H23N5O2S/c1-17-12-14-18(15-13-17)31-24(20-9-5-7-11-22(20)33-3)28-29-26(31)34-16-23-27-21-10-6-4-8-19(21)25(32)30(23)2/h4-15H,16H2,1-3H3. The summed E-state index contributed by atoms with van der Waals surface area (Å²) in [4.78, 5) is 17.5. The van der Waals surface area contributed by atoms with Gasteiger partial charge in [0.2, 0.25) is 0 Å². The number of ether oxygens (including phenoxy) is 1. The summed E-state index contributed by atoms with van der Waals surface area (Å²) in [6.07, 6.45) is 0. The third kappa shape index (κ3) is 3.97. The van der Waals surface area contributed by atoms with Crippen molar-refractivity contribution in [2.75, 3.05) is 7.11 Å². The van der Waals surface area contributed by atoms with Crippen molar-refractivity contribution in [2.45, 2.75) is 17.8 Å². The van der Waals surface area contributed by atoms with Crippen molar-refractivity contribution >= 4 is 22.7 Å². The molecule has 0 saturated carbocycles. The van der Waals surface area contributed by atoms with E-state index in [-0.39, 0.29) is 5.56 Å². The number of aromatic nitrogens is 5. The van der Waals surface area contributed by atoms with Gasteiger partial charge in [-0.2, -0.15) is 0 Å². The molecule has 2 heterocycles. The second-order valence-electron chi connectivity index (χ2n) is 7.88. The molecule has 170 valence electrons. The van der Waals surface area contributed by atoms with E-state index in [0.29, 0.717) is 33.5 Å². The van der Waals surface area contributed by atoms with Crippen LogP contribution in [0.3, 0.4) is 0 Å². The van der Waals surface area contributed by atoms with Crippen molar-refractivity contribution < 1.29 is 4.74 Å². The first kappa shape index (κ1) is 21.9. The molecule has 0 amide bonds. The quantitative estimate of drug-likeness (QED) is 0.333. The summed E-state index contributed by atoms with van der Waals surface area (Å²) < 4.78 is 9.20. The van der Waals surface area contributed by atoms with Crippen molar-refractivity contribution in [1.29, 1.82) is 0 Å². The molecule has 8 heteroatoms. The summed E-state index contributed by atoms with van der Waals surface area (Å²) in [7, 11) is 3.40. The predicted molar refractivity (Wildman–Crippen MR) is 135 cm³/mol. The smallest absolute Gasteiger partial charge is 0.261 e. The van der Waals surface area contributed by atoms with Gasteiger partial charge in [-0.05, 0) is 43.3 Å². The van der Waals surface area contributed by atoms with Crippen LogP contribution in [0.15, 0.2) is 82.7 Å². The van der Waals surface area contributed by atoms with Crippen molar-refractivity contribution in [3.05, 3.63) is 94.5 Å². The van der Waals surface area contributed by atoms with E-state index >= 15 is 0 Å². The van der Waals surface area contributed by atoms with Gasteiger partial charge in [-0.3, -0.25) is 13.9 Å². The number of hydrogen-bond acceptors (Lipinski definition) is 6. The van der Waals surface area contributed by atoms with Gasteiger partial charge in [-0.25, -0.2) is 4.98 Å². The van der Waals surface area contributed by atoms with E-state index in [0.717, 1.165) is 17.0 Å². The lowest BCUT2D eigenvalue weighted by Gasteiger charge is -2.13. The third-order valence-corrected chi connectivity index (χ3v) is 6.60. The number of para-hydroxylation sites is 2. The fourth-order valence-electron chi connectivity index (χ4n) is 3.82. The molecule has 0 atom stereocenters. The van der Waals surface area contributed by atoms with Gasteiger partial charge in [0.05, 0.1) is 29.3 Å². The Balaban J connectivity index is 1.58. The van der Waals surface area contributed by atoms with E-state index in [2.05, 4.69) is 29.3 Å². The molecule has 34 heavy (non-hydrogen) atoms. The van der Waals surface area contributed by atoms with E-state index in [9.17, 15) is 4.79 Å². The lowest BCUT2D eigenvalue weighted by atomic mass is 10.1. The van der Waals surface area contributed by atoms with Gasteiger partial charge in [-0.15, -0.1) is 10.2 Å². The average Bonchev–Trinajstić information content (AvgIpc) is 3.29. The Bertz CT molecular complexity index is 1540. The highest BCUT2D eigenvalue weighted by atomic mass is 32.2. The summed E-state index contributed by atoms with van der Waals surface area (Å²) >= 11 is 1.49. The van der Waals surface area contributed by atoms with E-state index in [1.165, 1.54) is 17.3 Å². The molecule has 0 spiro atoms. The number of fused-ring (bicyclic) bond motifs is 1. The highest BCUT2D eigenvalue weighted by Gasteiger charge is 2.20. The van der Waals surface area contributed by atoms with Crippen LogP contribution in [0.1, 0.15) is 11.4 Å². The van der Waals surface area contributed by atoms with Crippen LogP contribution in [0.2, 0.25) is 0 Å². The molecule has 0 fully saturated rings. The maximum absolute atomic E-state index is 12.8. The van der Waals surface area contributed by atoms with Crippen LogP contribution >= 0.6 is 11.8 Å². The van der Waals surface area contributed by atoms with E-state index in [1.807, 2.05) is 59.2 Å². The lowest BCUT2D eigenvalue weighted by molar-refractivity contribution is 0.416. The molecule has 0 radical (unpaired) electrons. The molecular weight excluding hydrogens is 446 g/mol. The van der Waals surface area contributed by atoms with Gasteiger partial charge in [0.25, 0.3) is 5.56 Å². The fraction of sp³-hybridized carbons (Fsp3) is 0.154. The summed E-state index contributed by atoms with van der Waals surface area (Å²) in [5.41, 5.74) is 3.59. The number of hydrogen-bond donors (Lipinski definition) is 0. The molecule has 5 rings (SSSR count). The molecule has 0 aliphatic heterocycles. The average molecular weight is 470 g/mol. The molecule has 0 N–H and O–H groups in total. The largest absolute Gasteiger partial charge is 0.496 e. The summed E-state index contributed by atoms with van der Waals surface area (Å²) in [6, 6.07) is 23.4. The van der Waals surface area contributed by atoms with Crippen molar-refractivity contribution in [1.82, 2.24) is 24.3 Å². The molecule has 0 aliphatic rings. The number of thioether (sulfide) groups is 1. The van der Waals surface area contributed by atoms with Gasteiger partial charge < -0.3 is 4.74 Å². The molecule has 7 nitrogen and oxygen atoms in total. The molecule has 3 aromatic carbocycles. The Hall–Kier alpha value is -3.91. The van der Waals surface area contributed by atoms with Crippen LogP contribution in [0.5, 0.6) is 5.75 Å². The zero-order chi connectivity index (χ0) is 23.7. The molecule has 5 aromatic rings. The zero-order valence-electron chi connectivity index (χ0n) is 19.1. The maximum atomic E-state index is 12.8. The Labute approximate surface area is 201 Å². The summed E-state index contributed by atoms with van der Waals surface area (Å²) in [5.74, 6) is 2.54. The van der Waals surface area contributed by atoms with Crippen molar-refractivity contribution in [2.24, 2.45) is 7.05 Å². The van der Waals surface area contributed by atoms with Gasteiger partial charge in [0.1, 0.15) is 11.6 Å². The van der Waals surface area contributed by atoms with Crippen molar-refractivity contribution in [3.63, 3.8) is 0 Å². The summed E-state index contributed by atoms with van der Waals surface area (Å²) in [6.45, 7) is 2.05. The first-order chi connectivity index (χ1) is 16.6. The minimum atomic E-state index is -0.0593. The molecule has 0 aliphatic carbocycles. The van der Waals surface area contributed by atoms with Crippen LogP contribution in [0, 0.1) is 6.92 Å². The van der Waals surface area contributed by atoms with E-state index in [4.69, 9.17) is 9.72 Å². The summed E-state index contributed by atoms with van der Waals surface area (Å²) in [5, 5.41) is 10.3. The van der Waals surface area contributed by atoms with Gasteiger partial charge >= 0.3 is 0 Å². The normalized spacial score (nSPS) is 11.1. The first-order valence-corrected chi connectivity index (χ1v) is 11.8. The number of aryl methyl sites for hydroxylation is 1. The second-order valence-corrected chi connectivity index (χ2v) is 8.82. The fourth-order valence-corrected chi connectivity index (χ4v) is 4.75. The Kier molecular flexibility index (Phi) is 5.90. The molecular formula is C26H23N5O2S. The van der Waals surface area contributed by atoms with Crippen LogP contribution in [-0.2, 0) is 12.8 Å². The van der Waals surface area contributed by atoms with Crippen LogP contribution in [0.4, 0.5) is 0 Å². The van der Waals surface area contributed by atoms with Crippen LogP contribution in [-0.4, -0.2) is 31.4 Å². The molecule has 0 saturated heterocycles. The van der Waals surface area contributed by atoms with Crippen LogP contribution < -0.4 is 10.3 Å². The molecule has 0 bridgehead atoms. The second kappa shape index (κ2) is 9.15. The highest BCUT2D eigenvalue weighted by molar-refractivity contribution is 7.98. The topological polar surface area (TPSA) is 74.8 Å². The van der Waals surface area contributed by atoms with Gasteiger partial charge in [-0.1, -0.05) is 53.7 Å². The first-order valence-electron chi connectivity index (χ1n) is 10.8. The van der Waals surface area contributed by atoms with Crippen molar-refractivity contribution in [3.8, 4) is 22.8 Å². The number of benzene rings is 3. The highest BCUT2D eigenvalue weighted by Crippen LogP contribution is 2.34. The molecule has 2 aromatic heterocycles. The number of rotatable bonds is 6. The Morgan fingerprint density at radius 2 is 1.68 bits per heavy atom. The Morgan fingerprint density at radius 1 is 0.941 bits per heavy atom. The van der Waals surface area contributed by atoms with Gasteiger partial charge in [0, 0.05) is 12.7 Å². The van der Waals surface area contributed by atoms with Crippen LogP contribution in [0.25, 0.3) is 28.0 Å². The molecule has 0 unspecified atom stereocenters. The monoisotopic (exact) mass is 469 g/mol. The van der Waals surface area contributed by atoms with Gasteiger partial charge in [0.15, 0.2) is 11.0 Å².